The van der Waals surface area contributed by atoms with Gasteiger partial charge in [0.1, 0.15) is 0 Å². The van der Waals surface area contributed by atoms with Gasteiger partial charge in [0, 0.05) is 24.2 Å². The zero-order valence-corrected chi connectivity index (χ0v) is 12.7. The van der Waals surface area contributed by atoms with Crippen molar-refractivity contribution in [3.8, 4) is 0 Å². The lowest BCUT2D eigenvalue weighted by Crippen LogP contribution is -2.28. The molecule has 1 amide bonds. The van der Waals surface area contributed by atoms with Gasteiger partial charge in [0.2, 0.25) is 5.91 Å². The van der Waals surface area contributed by atoms with Crippen molar-refractivity contribution in [2.24, 2.45) is 0 Å². The molecule has 0 radical (unpaired) electrons. The minimum Gasteiger partial charge on any atom is -0.326 e. The van der Waals surface area contributed by atoms with E-state index in [2.05, 4.69) is 10.2 Å². The number of carbonyl (C=O) groups excluding carboxylic acids is 2. The maximum atomic E-state index is 12.0. The third-order valence-corrected chi connectivity index (χ3v) is 3.93. The summed E-state index contributed by atoms with van der Waals surface area (Å²) in [6, 6.07) is 7.04. The number of anilines is 1. The van der Waals surface area contributed by atoms with Gasteiger partial charge in [0.15, 0.2) is 5.78 Å². The number of nitrogens with zero attached hydrogens (tertiary/aromatic N) is 1. The molecule has 1 heterocycles. The second-order valence-corrected chi connectivity index (χ2v) is 5.69. The molecule has 1 aromatic carbocycles. The Kier molecular flexibility index (Phi) is 5.93. The minimum atomic E-state index is 0.0361. The van der Waals surface area contributed by atoms with E-state index in [1.807, 2.05) is 0 Å². The van der Waals surface area contributed by atoms with E-state index in [4.69, 9.17) is 0 Å². The van der Waals surface area contributed by atoms with Crippen molar-refractivity contribution in [2.45, 2.75) is 39.0 Å². The minimum absolute atomic E-state index is 0.0361. The molecule has 1 fully saturated rings. The molecule has 2 rings (SSSR count). The summed E-state index contributed by atoms with van der Waals surface area (Å²) in [4.78, 5) is 25.5. The number of hydrogen-bond acceptors (Lipinski definition) is 3. The average Bonchev–Trinajstić information content (AvgIpc) is 2.74. The predicted molar refractivity (Wildman–Crippen MR) is 84.6 cm³/mol. The highest BCUT2D eigenvalue weighted by atomic mass is 16.1. The van der Waals surface area contributed by atoms with Crippen molar-refractivity contribution in [2.75, 3.05) is 25.0 Å². The summed E-state index contributed by atoms with van der Waals surface area (Å²) in [6.45, 7) is 4.59. The largest absolute Gasteiger partial charge is 0.326 e. The topological polar surface area (TPSA) is 49.4 Å². The summed E-state index contributed by atoms with van der Waals surface area (Å²) >= 11 is 0. The highest BCUT2D eigenvalue weighted by molar-refractivity contribution is 5.95. The maximum Gasteiger partial charge on any atom is 0.225 e. The van der Waals surface area contributed by atoms with Gasteiger partial charge in [-0.1, -0.05) is 12.8 Å². The molecular weight excluding hydrogens is 264 g/mol. The number of ketones is 1. The summed E-state index contributed by atoms with van der Waals surface area (Å²) in [6.07, 6.45) is 5.63. The maximum absolute atomic E-state index is 12.0. The Labute approximate surface area is 126 Å². The summed E-state index contributed by atoms with van der Waals surface area (Å²) in [5.41, 5.74) is 1.42. The van der Waals surface area contributed by atoms with Crippen LogP contribution in [-0.4, -0.2) is 36.2 Å². The first-order valence-electron chi connectivity index (χ1n) is 7.78. The van der Waals surface area contributed by atoms with E-state index in [9.17, 15) is 9.59 Å². The Balaban J connectivity index is 1.77. The molecule has 0 aliphatic carbocycles. The molecule has 4 nitrogen and oxygen atoms in total. The van der Waals surface area contributed by atoms with Gasteiger partial charge in [-0.3, -0.25) is 9.59 Å². The molecular formula is C17H24N2O2. The Morgan fingerprint density at radius 3 is 2.24 bits per heavy atom. The van der Waals surface area contributed by atoms with Crippen molar-refractivity contribution in [1.82, 2.24) is 4.90 Å². The molecule has 4 heteroatoms. The summed E-state index contributed by atoms with van der Waals surface area (Å²) in [5.74, 6) is 0.0730. The molecule has 0 bridgehead atoms. The van der Waals surface area contributed by atoms with Crippen LogP contribution in [0, 0.1) is 0 Å². The highest BCUT2D eigenvalue weighted by Crippen LogP contribution is 2.12. The molecule has 1 aliphatic heterocycles. The summed E-state index contributed by atoms with van der Waals surface area (Å²) < 4.78 is 0. The standard InChI is InChI=1S/C17H24N2O2/c1-14(20)15-6-8-16(9-7-15)18-17(21)10-13-19-11-4-2-3-5-12-19/h6-9H,2-5,10-13H2,1H3,(H,18,21). The normalized spacial score (nSPS) is 16.2. The van der Waals surface area contributed by atoms with Crippen LogP contribution in [0.5, 0.6) is 0 Å². The molecule has 1 aliphatic rings. The molecule has 0 unspecified atom stereocenters. The average molecular weight is 288 g/mol. The van der Waals surface area contributed by atoms with Crippen molar-refractivity contribution >= 4 is 17.4 Å². The number of Topliss-reactive ketones (excluding diaryl/α,β-unsaturated/α-hetero) is 1. The van der Waals surface area contributed by atoms with Crippen LogP contribution in [-0.2, 0) is 4.79 Å². The van der Waals surface area contributed by atoms with Gasteiger partial charge in [-0.15, -0.1) is 0 Å². The smallest absolute Gasteiger partial charge is 0.225 e. The van der Waals surface area contributed by atoms with E-state index < -0.39 is 0 Å². The number of nitrogens with one attached hydrogen (secondary N) is 1. The quantitative estimate of drug-likeness (QED) is 0.847. The first-order chi connectivity index (χ1) is 10.1. The molecule has 21 heavy (non-hydrogen) atoms. The molecule has 1 aromatic rings. The van der Waals surface area contributed by atoms with Crippen LogP contribution in [0.25, 0.3) is 0 Å². The van der Waals surface area contributed by atoms with E-state index in [1.54, 1.807) is 24.3 Å². The monoisotopic (exact) mass is 288 g/mol. The van der Waals surface area contributed by atoms with Crippen LogP contribution in [0.1, 0.15) is 49.4 Å². The number of rotatable bonds is 5. The van der Waals surface area contributed by atoms with Gasteiger partial charge in [-0.05, 0) is 57.1 Å². The SMILES string of the molecule is CC(=O)c1ccc(NC(=O)CCN2CCCCCC2)cc1. The lowest BCUT2D eigenvalue weighted by atomic mass is 10.1. The zero-order valence-electron chi connectivity index (χ0n) is 12.7. The molecule has 0 saturated carbocycles. The van der Waals surface area contributed by atoms with E-state index >= 15 is 0 Å². The molecule has 0 atom stereocenters. The molecule has 1 N–H and O–H groups in total. The van der Waals surface area contributed by atoms with E-state index in [0.29, 0.717) is 12.0 Å². The number of benzene rings is 1. The predicted octanol–water partition coefficient (Wildman–Crippen LogP) is 3.09. The van der Waals surface area contributed by atoms with E-state index in [0.717, 1.165) is 25.3 Å². The number of amides is 1. The zero-order chi connectivity index (χ0) is 15.1. The van der Waals surface area contributed by atoms with Gasteiger partial charge < -0.3 is 10.2 Å². The highest BCUT2D eigenvalue weighted by Gasteiger charge is 2.11. The molecule has 114 valence electrons. The van der Waals surface area contributed by atoms with Gasteiger partial charge in [0.25, 0.3) is 0 Å². The van der Waals surface area contributed by atoms with Gasteiger partial charge >= 0.3 is 0 Å². The fraction of sp³-hybridized carbons (Fsp3) is 0.529. The van der Waals surface area contributed by atoms with Crippen molar-refractivity contribution in [3.63, 3.8) is 0 Å². The molecule has 0 aromatic heterocycles. The third kappa shape index (κ3) is 5.31. The second-order valence-electron chi connectivity index (χ2n) is 5.69. The van der Waals surface area contributed by atoms with Crippen LogP contribution in [0.3, 0.4) is 0 Å². The lowest BCUT2D eigenvalue weighted by molar-refractivity contribution is -0.116. The first kappa shape index (κ1) is 15.7. The van der Waals surface area contributed by atoms with Crippen molar-refractivity contribution in [1.29, 1.82) is 0 Å². The van der Waals surface area contributed by atoms with Crippen LogP contribution in [0.2, 0.25) is 0 Å². The van der Waals surface area contributed by atoms with E-state index in [-0.39, 0.29) is 11.7 Å². The van der Waals surface area contributed by atoms with Crippen molar-refractivity contribution in [3.05, 3.63) is 29.8 Å². The fourth-order valence-electron chi connectivity index (χ4n) is 2.63. The van der Waals surface area contributed by atoms with Gasteiger partial charge in [-0.25, -0.2) is 0 Å². The third-order valence-electron chi connectivity index (χ3n) is 3.93. The Morgan fingerprint density at radius 1 is 1.05 bits per heavy atom. The van der Waals surface area contributed by atoms with Crippen LogP contribution in [0.15, 0.2) is 24.3 Å². The van der Waals surface area contributed by atoms with Gasteiger partial charge in [0.05, 0.1) is 0 Å². The number of carbonyl (C=O) groups is 2. The van der Waals surface area contributed by atoms with Crippen molar-refractivity contribution < 1.29 is 9.59 Å². The lowest BCUT2D eigenvalue weighted by Gasteiger charge is -2.19. The van der Waals surface area contributed by atoms with Crippen LogP contribution < -0.4 is 5.32 Å². The van der Waals surface area contributed by atoms with Crippen LogP contribution in [0.4, 0.5) is 5.69 Å². The van der Waals surface area contributed by atoms with E-state index in [1.165, 1.54) is 32.6 Å². The Hall–Kier alpha value is -1.68. The fourth-order valence-corrected chi connectivity index (χ4v) is 2.63. The second kappa shape index (κ2) is 7.93. The number of hydrogen-bond donors (Lipinski definition) is 1. The summed E-state index contributed by atoms with van der Waals surface area (Å²) in [5, 5.41) is 2.89. The van der Waals surface area contributed by atoms with Crippen LogP contribution >= 0.6 is 0 Å². The Morgan fingerprint density at radius 2 is 1.67 bits per heavy atom. The van der Waals surface area contributed by atoms with Gasteiger partial charge in [-0.2, -0.15) is 0 Å². The Bertz CT molecular complexity index is 474. The first-order valence-corrected chi connectivity index (χ1v) is 7.78. The summed E-state index contributed by atoms with van der Waals surface area (Å²) in [7, 11) is 0. The molecule has 0 spiro atoms. The molecule has 1 saturated heterocycles. The number of likely N-dealkylation sites (tertiary alicyclic amines) is 1.